The average molecular weight is 224 g/mol. The van der Waals surface area contributed by atoms with Crippen molar-refractivity contribution in [2.75, 3.05) is 7.11 Å². The molecule has 0 saturated heterocycles. The van der Waals surface area contributed by atoms with Crippen LogP contribution in [0.1, 0.15) is 5.69 Å². The van der Waals surface area contributed by atoms with E-state index in [-0.39, 0.29) is 12.4 Å². The molecule has 0 aliphatic carbocycles. The Hall–Kier alpha value is -1.76. The average Bonchev–Trinajstić information content (AvgIpc) is 2.85. The molecule has 15 heavy (non-hydrogen) atoms. The molecule has 0 spiro atoms. The van der Waals surface area contributed by atoms with E-state index in [1.165, 1.54) is 24.8 Å². The number of rotatable bonds is 3. The molecule has 0 unspecified atom stereocenters. The van der Waals surface area contributed by atoms with E-state index < -0.39 is 0 Å². The normalized spacial score (nSPS) is 10.2. The number of hydrogen-bond donors (Lipinski definition) is 1. The fourth-order valence-electron chi connectivity index (χ4n) is 1.03. The largest absolute Gasteiger partial charge is 0.469 e. The van der Waals surface area contributed by atoms with Crippen molar-refractivity contribution < 1.29 is 9.53 Å². The van der Waals surface area contributed by atoms with E-state index in [2.05, 4.69) is 24.9 Å². The van der Waals surface area contributed by atoms with Crippen LogP contribution in [0.2, 0.25) is 0 Å². The van der Waals surface area contributed by atoms with Gasteiger partial charge in [-0.3, -0.25) is 9.89 Å². The summed E-state index contributed by atoms with van der Waals surface area (Å²) in [6.07, 6.45) is 1.60. The fourth-order valence-corrected chi connectivity index (χ4v) is 1.79. The van der Waals surface area contributed by atoms with Crippen LogP contribution in [0.15, 0.2) is 11.7 Å². The minimum Gasteiger partial charge on any atom is -0.469 e. The molecule has 0 atom stereocenters. The van der Waals surface area contributed by atoms with E-state index in [0.717, 1.165) is 0 Å². The first-order valence-electron chi connectivity index (χ1n) is 4.16. The monoisotopic (exact) mass is 224 g/mol. The van der Waals surface area contributed by atoms with Crippen LogP contribution in [-0.2, 0) is 16.0 Å². The quantitative estimate of drug-likeness (QED) is 0.774. The van der Waals surface area contributed by atoms with Gasteiger partial charge in [-0.05, 0) is 0 Å². The molecule has 0 radical (unpaired) electrons. The first kappa shape index (κ1) is 9.78. The maximum absolute atomic E-state index is 11.0. The lowest BCUT2D eigenvalue weighted by molar-refractivity contribution is -0.139. The number of carbonyl (C=O) groups is 1. The van der Waals surface area contributed by atoms with Crippen LogP contribution in [-0.4, -0.2) is 33.2 Å². The third-order valence-corrected chi connectivity index (χ3v) is 2.62. The summed E-state index contributed by atoms with van der Waals surface area (Å²) in [5, 5.41) is 8.94. The van der Waals surface area contributed by atoms with Crippen molar-refractivity contribution in [1.82, 2.24) is 20.2 Å². The molecule has 7 heteroatoms. The summed E-state index contributed by atoms with van der Waals surface area (Å²) >= 11 is 1.41. The highest BCUT2D eigenvalue weighted by molar-refractivity contribution is 7.13. The second kappa shape index (κ2) is 4.18. The summed E-state index contributed by atoms with van der Waals surface area (Å²) in [6.45, 7) is 0. The Morgan fingerprint density at radius 1 is 1.67 bits per heavy atom. The molecular weight excluding hydrogens is 216 g/mol. The Morgan fingerprint density at radius 3 is 3.20 bits per heavy atom. The van der Waals surface area contributed by atoms with Crippen LogP contribution in [0.4, 0.5) is 0 Å². The first-order chi connectivity index (χ1) is 7.29. The summed E-state index contributed by atoms with van der Waals surface area (Å²) < 4.78 is 4.54. The third kappa shape index (κ3) is 2.18. The summed E-state index contributed by atoms with van der Waals surface area (Å²) in [5.41, 5.74) is 0.679. The number of esters is 1. The van der Waals surface area contributed by atoms with E-state index in [1.807, 2.05) is 0 Å². The number of aromatic nitrogens is 4. The summed E-state index contributed by atoms with van der Waals surface area (Å²) in [6, 6.07) is 0. The Labute approximate surface area is 89.3 Å². The van der Waals surface area contributed by atoms with E-state index >= 15 is 0 Å². The number of aromatic amines is 1. The fraction of sp³-hybridized carbons (Fsp3) is 0.250. The van der Waals surface area contributed by atoms with Crippen molar-refractivity contribution >= 4 is 17.3 Å². The number of ether oxygens (including phenoxy) is 1. The van der Waals surface area contributed by atoms with Crippen LogP contribution in [0.25, 0.3) is 10.8 Å². The zero-order valence-electron chi connectivity index (χ0n) is 7.93. The molecule has 0 fully saturated rings. The van der Waals surface area contributed by atoms with E-state index in [4.69, 9.17) is 0 Å². The smallest absolute Gasteiger partial charge is 0.311 e. The Kier molecular flexibility index (Phi) is 2.72. The van der Waals surface area contributed by atoms with Gasteiger partial charge in [0.1, 0.15) is 6.33 Å². The minimum absolute atomic E-state index is 0.182. The SMILES string of the molecule is COC(=O)Cc1csc(-c2ncn[nH]2)n1. The van der Waals surface area contributed by atoms with Gasteiger partial charge in [-0.2, -0.15) is 5.10 Å². The molecule has 78 valence electrons. The van der Waals surface area contributed by atoms with E-state index in [9.17, 15) is 4.79 Å². The van der Waals surface area contributed by atoms with Gasteiger partial charge in [-0.1, -0.05) is 0 Å². The highest BCUT2D eigenvalue weighted by Crippen LogP contribution is 2.19. The van der Waals surface area contributed by atoms with Crippen molar-refractivity contribution in [3.05, 3.63) is 17.4 Å². The number of carbonyl (C=O) groups excluding carboxylic acids is 1. The molecule has 2 rings (SSSR count). The molecule has 0 aliphatic heterocycles. The molecule has 2 heterocycles. The molecule has 0 saturated carbocycles. The molecule has 6 nitrogen and oxygen atoms in total. The second-order valence-electron chi connectivity index (χ2n) is 2.73. The van der Waals surface area contributed by atoms with Crippen LogP contribution in [0, 0.1) is 0 Å². The van der Waals surface area contributed by atoms with Crippen molar-refractivity contribution in [3.8, 4) is 10.8 Å². The van der Waals surface area contributed by atoms with Gasteiger partial charge in [0, 0.05) is 5.38 Å². The zero-order valence-corrected chi connectivity index (χ0v) is 8.74. The van der Waals surface area contributed by atoms with E-state index in [1.54, 1.807) is 5.38 Å². The van der Waals surface area contributed by atoms with Gasteiger partial charge in [0.25, 0.3) is 0 Å². The standard InChI is InChI=1S/C8H8N4O2S/c1-14-6(13)2-5-3-15-8(11-5)7-9-4-10-12-7/h3-4H,2H2,1H3,(H,9,10,12). The predicted molar refractivity (Wildman–Crippen MR) is 53.2 cm³/mol. The van der Waals surface area contributed by atoms with Gasteiger partial charge < -0.3 is 4.74 Å². The van der Waals surface area contributed by atoms with Crippen LogP contribution in [0.5, 0.6) is 0 Å². The molecule has 0 bridgehead atoms. The number of hydrogen-bond acceptors (Lipinski definition) is 6. The maximum Gasteiger partial charge on any atom is 0.311 e. The lowest BCUT2D eigenvalue weighted by atomic mass is 10.3. The lowest BCUT2D eigenvalue weighted by Gasteiger charge is -1.93. The van der Waals surface area contributed by atoms with Gasteiger partial charge in [-0.15, -0.1) is 11.3 Å². The third-order valence-electron chi connectivity index (χ3n) is 1.72. The first-order valence-corrected chi connectivity index (χ1v) is 5.04. The summed E-state index contributed by atoms with van der Waals surface area (Å²) in [5.74, 6) is 0.306. The number of methoxy groups -OCH3 is 1. The van der Waals surface area contributed by atoms with Gasteiger partial charge in [0.05, 0.1) is 19.2 Å². The van der Waals surface area contributed by atoms with Crippen molar-refractivity contribution in [3.63, 3.8) is 0 Å². The van der Waals surface area contributed by atoms with Gasteiger partial charge in [-0.25, -0.2) is 9.97 Å². The lowest BCUT2D eigenvalue weighted by Crippen LogP contribution is -2.04. The maximum atomic E-state index is 11.0. The Morgan fingerprint density at radius 2 is 2.53 bits per heavy atom. The van der Waals surface area contributed by atoms with Crippen molar-refractivity contribution in [2.45, 2.75) is 6.42 Å². The van der Waals surface area contributed by atoms with Gasteiger partial charge in [0.2, 0.25) is 0 Å². The highest BCUT2D eigenvalue weighted by atomic mass is 32.1. The molecule has 0 aliphatic rings. The Balaban J connectivity index is 2.14. The number of thiazole rings is 1. The topological polar surface area (TPSA) is 80.8 Å². The van der Waals surface area contributed by atoms with E-state index in [0.29, 0.717) is 16.5 Å². The molecule has 0 amide bonds. The number of nitrogens with zero attached hydrogens (tertiary/aromatic N) is 3. The minimum atomic E-state index is -0.301. The molecule has 2 aromatic heterocycles. The number of nitrogens with one attached hydrogen (secondary N) is 1. The van der Waals surface area contributed by atoms with Crippen LogP contribution >= 0.6 is 11.3 Å². The van der Waals surface area contributed by atoms with Gasteiger partial charge >= 0.3 is 5.97 Å². The Bertz CT molecular complexity index is 451. The zero-order chi connectivity index (χ0) is 10.7. The van der Waals surface area contributed by atoms with Crippen LogP contribution < -0.4 is 0 Å². The predicted octanol–water partition coefficient (Wildman–Crippen LogP) is 0.644. The van der Waals surface area contributed by atoms with Crippen LogP contribution in [0.3, 0.4) is 0 Å². The molecular formula is C8H8N4O2S. The number of H-pyrrole nitrogens is 1. The van der Waals surface area contributed by atoms with Crippen molar-refractivity contribution in [1.29, 1.82) is 0 Å². The second-order valence-corrected chi connectivity index (χ2v) is 3.59. The summed E-state index contributed by atoms with van der Waals surface area (Å²) in [7, 11) is 1.35. The molecule has 0 aromatic carbocycles. The van der Waals surface area contributed by atoms with Gasteiger partial charge in [0.15, 0.2) is 10.8 Å². The van der Waals surface area contributed by atoms with Crippen molar-refractivity contribution in [2.24, 2.45) is 0 Å². The molecule has 1 N–H and O–H groups in total. The highest BCUT2D eigenvalue weighted by Gasteiger charge is 2.10. The summed E-state index contributed by atoms with van der Waals surface area (Å²) in [4.78, 5) is 19.2. The molecule has 2 aromatic rings.